The van der Waals surface area contributed by atoms with Crippen LogP contribution in [0.2, 0.25) is 0 Å². The Bertz CT molecular complexity index is 212. The Labute approximate surface area is 86.0 Å². The molecule has 0 aliphatic heterocycles. The molecule has 1 aromatic carbocycles. The molecule has 0 fully saturated rings. The quantitative estimate of drug-likeness (QED) is 0.465. The Morgan fingerprint density at radius 2 is 1.36 bits per heavy atom. The maximum absolute atomic E-state index is 6.08. The highest BCUT2D eigenvalue weighted by Crippen LogP contribution is 2.02. The van der Waals surface area contributed by atoms with E-state index >= 15 is 0 Å². The lowest BCUT2D eigenvalue weighted by molar-refractivity contribution is 1.47. The summed E-state index contributed by atoms with van der Waals surface area (Å²) in [4.78, 5) is 0. The summed E-state index contributed by atoms with van der Waals surface area (Å²) in [5.74, 6) is 0. The summed E-state index contributed by atoms with van der Waals surface area (Å²) >= 11 is 0. The number of hydrogen-bond donors (Lipinski definition) is 3. The molecule has 0 spiro atoms. The van der Waals surface area contributed by atoms with Gasteiger partial charge in [-0.25, -0.2) is 0 Å². The monoisotopic (exact) mass is 193 g/mol. The Morgan fingerprint density at radius 1 is 1.00 bits per heavy atom. The molecule has 3 nitrogen and oxygen atoms in total. The number of aryl methyl sites for hydroxylation is 1. The van der Waals surface area contributed by atoms with Crippen molar-refractivity contribution in [2.45, 2.75) is 20.8 Å². The highest BCUT2D eigenvalue weighted by Gasteiger charge is 1.80. The number of benzene rings is 1. The summed E-state index contributed by atoms with van der Waals surface area (Å²) in [6.45, 7) is 6.04. The normalized spacial score (nSPS) is 7.07. The molecular formula is C11H19N3. The molecule has 0 heterocycles. The average molecular weight is 193 g/mol. The zero-order chi connectivity index (χ0) is 11.4. The van der Waals surface area contributed by atoms with Gasteiger partial charge >= 0.3 is 0 Å². The van der Waals surface area contributed by atoms with E-state index in [4.69, 9.17) is 16.6 Å². The van der Waals surface area contributed by atoms with Gasteiger partial charge in [-0.1, -0.05) is 31.5 Å². The second-order valence-electron chi connectivity index (χ2n) is 2.24. The van der Waals surface area contributed by atoms with Crippen molar-refractivity contribution in [3.63, 3.8) is 0 Å². The van der Waals surface area contributed by atoms with Crippen LogP contribution in [0.1, 0.15) is 19.4 Å². The molecule has 0 saturated carbocycles. The van der Waals surface area contributed by atoms with Crippen LogP contribution in [-0.4, -0.2) is 12.4 Å². The summed E-state index contributed by atoms with van der Waals surface area (Å²) < 4.78 is 0. The molecule has 78 valence electrons. The Kier molecular flexibility index (Phi) is 12.1. The van der Waals surface area contributed by atoms with Crippen LogP contribution in [0, 0.1) is 17.7 Å². The SMILES string of the molecule is CC.Cc1ccc(N)cc1.N=CC=N. The molecule has 0 radical (unpaired) electrons. The van der Waals surface area contributed by atoms with Crippen LogP contribution >= 0.6 is 0 Å². The van der Waals surface area contributed by atoms with Crippen LogP contribution in [0.3, 0.4) is 0 Å². The van der Waals surface area contributed by atoms with Crippen molar-refractivity contribution in [3.8, 4) is 0 Å². The predicted molar refractivity (Wildman–Crippen MR) is 64.5 cm³/mol. The lowest BCUT2D eigenvalue weighted by Crippen LogP contribution is -1.81. The van der Waals surface area contributed by atoms with Gasteiger partial charge in [-0.15, -0.1) is 0 Å². The lowest BCUT2D eigenvalue weighted by Gasteiger charge is -1.90. The number of nitrogen functional groups attached to an aromatic ring is 1. The molecule has 4 N–H and O–H groups in total. The van der Waals surface area contributed by atoms with Gasteiger partial charge in [-0.2, -0.15) is 0 Å². The van der Waals surface area contributed by atoms with Crippen molar-refractivity contribution in [2.24, 2.45) is 0 Å². The molecule has 0 aliphatic rings. The zero-order valence-electron chi connectivity index (χ0n) is 9.04. The fraction of sp³-hybridized carbons (Fsp3) is 0.273. The summed E-state index contributed by atoms with van der Waals surface area (Å²) in [5.41, 5.74) is 7.51. The van der Waals surface area contributed by atoms with Crippen molar-refractivity contribution < 1.29 is 0 Å². The van der Waals surface area contributed by atoms with E-state index < -0.39 is 0 Å². The molecule has 0 aromatic heterocycles. The minimum Gasteiger partial charge on any atom is -0.399 e. The van der Waals surface area contributed by atoms with E-state index in [9.17, 15) is 0 Å². The van der Waals surface area contributed by atoms with Gasteiger partial charge in [0, 0.05) is 18.1 Å². The second-order valence-corrected chi connectivity index (χ2v) is 2.24. The maximum Gasteiger partial charge on any atom is 0.0353 e. The van der Waals surface area contributed by atoms with E-state index in [1.807, 2.05) is 45.0 Å². The predicted octanol–water partition coefficient (Wildman–Crippen LogP) is 2.89. The highest BCUT2D eigenvalue weighted by molar-refractivity contribution is 6.12. The summed E-state index contributed by atoms with van der Waals surface area (Å²) in [7, 11) is 0. The van der Waals surface area contributed by atoms with Crippen molar-refractivity contribution in [1.82, 2.24) is 0 Å². The van der Waals surface area contributed by atoms with Crippen LogP contribution in [0.5, 0.6) is 0 Å². The Hall–Kier alpha value is -1.64. The number of rotatable bonds is 1. The molecule has 3 heteroatoms. The number of nitrogens with two attached hydrogens (primary N) is 1. The van der Waals surface area contributed by atoms with Crippen LogP contribution in [0.15, 0.2) is 24.3 Å². The minimum atomic E-state index is 0.829. The molecule has 0 aliphatic carbocycles. The lowest BCUT2D eigenvalue weighted by atomic mass is 10.2. The minimum absolute atomic E-state index is 0.829. The maximum atomic E-state index is 6.08. The van der Waals surface area contributed by atoms with Crippen LogP contribution in [0.4, 0.5) is 5.69 Å². The molecule has 0 amide bonds. The average Bonchev–Trinajstić information content (AvgIpc) is 2.26. The molecule has 0 atom stereocenters. The van der Waals surface area contributed by atoms with Gasteiger partial charge in [0.15, 0.2) is 0 Å². The molecule has 0 saturated heterocycles. The standard InChI is InChI=1S/C7H9N.C2H4N2.C2H6/c1-6-2-4-7(8)5-3-6;3-1-2-4;1-2/h2-5H,8H2,1H3;1-4H;1-2H3. The fourth-order valence-electron chi connectivity index (χ4n) is 0.566. The van der Waals surface area contributed by atoms with Gasteiger partial charge in [-0.3, -0.25) is 0 Å². The first-order chi connectivity index (χ1) is 6.70. The number of nitrogens with one attached hydrogen (secondary N) is 2. The van der Waals surface area contributed by atoms with E-state index in [-0.39, 0.29) is 0 Å². The van der Waals surface area contributed by atoms with Gasteiger partial charge in [0.05, 0.1) is 0 Å². The zero-order valence-corrected chi connectivity index (χ0v) is 9.04. The van der Waals surface area contributed by atoms with Crippen LogP contribution in [-0.2, 0) is 0 Å². The van der Waals surface area contributed by atoms with Gasteiger partial charge in [0.2, 0.25) is 0 Å². The van der Waals surface area contributed by atoms with Crippen LogP contribution in [0.25, 0.3) is 0 Å². The van der Waals surface area contributed by atoms with Gasteiger partial charge in [0.25, 0.3) is 0 Å². The third kappa shape index (κ3) is 10.4. The Balaban J connectivity index is 0. The summed E-state index contributed by atoms with van der Waals surface area (Å²) in [6.07, 6.45) is 1.83. The molecule has 1 rings (SSSR count). The molecule has 0 bridgehead atoms. The Morgan fingerprint density at radius 3 is 1.57 bits per heavy atom. The van der Waals surface area contributed by atoms with E-state index in [1.54, 1.807) is 0 Å². The van der Waals surface area contributed by atoms with Crippen molar-refractivity contribution in [3.05, 3.63) is 29.8 Å². The largest absolute Gasteiger partial charge is 0.399 e. The van der Waals surface area contributed by atoms with Gasteiger partial charge in [-0.05, 0) is 19.1 Å². The number of anilines is 1. The van der Waals surface area contributed by atoms with Gasteiger partial charge in [0.1, 0.15) is 0 Å². The second kappa shape index (κ2) is 11.4. The topological polar surface area (TPSA) is 73.7 Å². The number of hydrogen-bond acceptors (Lipinski definition) is 3. The van der Waals surface area contributed by atoms with Crippen molar-refractivity contribution in [1.29, 1.82) is 10.8 Å². The molecule has 14 heavy (non-hydrogen) atoms. The highest BCUT2D eigenvalue weighted by atomic mass is 14.5. The fourth-order valence-corrected chi connectivity index (χ4v) is 0.566. The van der Waals surface area contributed by atoms with Crippen molar-refractivity contribution in [2.75, 3.05) is 5.73 Å². The molecule has 0 unspecified atom stereocenters. The van der Waals surface area contributed by atoms with E-state index in [1.165, 1.54) is 5.56 Å². The van der Waals surface area contributed by atoms with Crippen molar-refractivity contribution >= 4 is 18.1 Å². The van der Waals surface area contributed by atoms with E-state index in [0.717, 1.165) is 18.1 Å². The third-order valence-electron chi connectivity index (χ3n) is 1.16. The first kappa shape index (κ1) is 14.9. The molecular weight excluding hydrogens is 174 g/mol. The first-order valence-electron chi connectivity index (χ1n) is 4.52. The smallest absolute Gasteiger partial charge is 0.0353 e. The third-order valence-corrected chi connectivity index (χ3v) is 1.16. The van der Waals surface area contributed by atoms with E-state index in [2.05, 4.69) is 0 Å². The summed E-state index contributed by atoms with van der Waals surface area (Å²) in [5, 5.41) is 12.2. The molecule has 1 aromatic rings. The van der Waals surface area contributed by atoms with Crippen LogP contribution < -0.4 is 5.73 Å². The van der Waals surface area contributed by atoms with Gasteiger partial charge < -0.3 is 16.6 Å². The summed E-state index contributed by atoms with van der Waals surface area (Å²) in [6, 6.07) is 7.79. The first-order valence-corrected chi connectivity index (χ1v) is 4.52. The van der Waals surface area contributed by atoms with E-state index in [0.29, 0.717) is 0 Å².